The summed E-state index contributed by atoms with van der Waals surface area (Å²) in [5.74, 6) is 1.86. The molecule has 0 aliphatic rings. The van der Waals surface area contributed by atoms with Crippen LogP contribution in [0.3, 0.4) is 0 Å². The van der Waals surface area contributed by atoms with Crippen LogP contribution in [-0.4, -0.2) is 15.0 Å². The third-order valence-electron chi connectivity index (χ3n) is 10.7. The lowest BCUT2D eigenvalue weighted by Gasteiger charge is -2.13. The first kappa shape index (κ1) is 31.1. The average Bonchev–Trinajstić information content (AvgIpc) is 3.66. The molecule has 0 bridgehead atoms. The molecule has 2 aromatic heterocycles. The van der Waals surface area contributed by atoms with Gasteiger partial charge in [0.2, 0.25) is 0 Å². The van der Waals surface area contributed by atoms with E-state index in [9.17, 15) is 0 Å². The fraction of sp³-hybridized carbons (Fsp3) is 0. The van der Waals surface area contributed by atoms with Crippen LogP contribution in [-0.2, 0) is 0 Å². The fourth-order valence-electron chi connectivity index (χ4n) is 8.09. The molecule has 256 valence electrons. The summed E-state index contributed by atoms with van der Waals surface area (Å²) in [4.78, 5) is 15.5. The van der Waals surface area contributed by atoms with Gasteiger partial charge in [0.25, 0.3) is 0 Å². The molecule has 0 aliphatic carbocycles. The molecule has 0 saturated heterocycles. The molecule has 2 heterocycles. The maximum Gasteiger partial charge on any atom is 0.164 e. The van der Waals surface area contributed by atoms with Gasteiger partial charge in [0.1, 0.15) is 11.2 Å². The van der Waals surface area contributed by atoms with E-state index in [1.807, 2.05) is 24.3 Å². The first-order chi connectivity index (χ1) is 27.2. The number of furan rings is 1. The molecule has 4 nitrogen and oxygen atoms in total. The van der Waals surface area contributed by atoms with Crippen molar-refractivity contribution in [3.8, 4) is 56.4 Å². The minimum atomic E-state index is 0.613. The SMILES string of the molecule is c1ccc(-c2ccc(-c3nc(-c4cccc(-c5cccc6oc7ccccc7c56)c4)nc(-c4ccc5c6ccccc6c6ccccc6c5c4)n3)cc2)cc1. The van der Waals surface area contributed by atoms with E-state index >= 15 is 0 Å². The maximum absolute atomic E-state index is 6.24. The molecule has 0 unspecified atom stereocenters. The van der Waals surface area contributed by atoms with E-state index in [2.05, 4.69) is 164 Å². The van der Waals surface area contributed by atoms with Crippen LogP contribution < -0.4 is 0 Å². The van der Waals surface area contributed by atoms with Crippen molar-refractivity contribution in [2.75, 3.05) is 0 Å². The molecular weight excluding hydrogens is 671 g/mol. The van der Waals surface area contributed by atoms with Crippen LogP contribution in [0.15, 0.2) is 192 Å². The minimum Gasteiger partial charge on any atom is -0.456 e. The standard InChI is InChI=1S/C51H31N3O/c1-2-12-32(13-3-1)33-24-26-34(27-25-33)49-52-50(36-15-10-14-35(30-36)38-21-11-23-47-48(38)44-20-8-9-22-46(44)55-47)54-51(53-49)37-28-29-43-41-18-5-4-16-39(41)40-17-6-7-19-42(40)45(43)31-37/h1-31H. The van der Waals surface area contributed by atoms with Crippen LogP contribution >= 0.6 is 0 Å². The third-order valence-corrected chi connectivity index (χ3v) is 10.7. The minimum absolute atomic E-state index is 0.613. The van der Waals surface area contributed by atoms with E-state index in [0.29, 0.717) is 17.5 Å². The zero-order chi connectivity index (χ0) is 36.3. The molecule has 0 radical (unpaired) electrons. The molecule has 4 heteroatoms. The van der Waals surface area contributed by atoms with Crippen LogP contribution in [0.5, 0.6) is 0 Å². The Labute approximate surface area is 317 Å². The van der Waals surface area contributed by atoms with Crippen LogP contribution in [0, 0.1) is 0 Å². The van der Waals surface area contributed by atoms with Crippen molar-refractivity contribution >= 4 is 54.3 Å². The van der Waals surface area contributed by atoms with Gasteiger partial charge in [0.15, 0.2) is 17.5 Å². The summed E-state index contributed by atoms with van der Waals surface area (Å²) in [5, 5.41) is 9.49. The Hall–Kier alpha value is -7.43. The van der Waals surface area contributed by atoms with Crippen molar-refractivity contribution in [3.05, 3.63) is 188 Å². The van der Waals surface area contributed by atoms with Crippen molar-refractivity contribution in [3.63, 3.8) is 0 Å². The van der Waals surface area contributed by atoms with Crippen LogP contribution in [0.1, 0.15) is 0 Å². The van der Waals surface area contributed by atoms with Crippen molar-refractivity contribution < 1.29 is 4.42 Å². The smallest absolute Gasteiger partial charge is 0.164 e. The number of fused-ring (bicyclic) bond motifs is 9. The van der Waals surface area contributed by atoms with Crippen molar-refractivity contribution in [1.82, 2.24) is 15.0 Å². The van der Waals surface area contributed by atoms with Gasteiger partial charge in [-0.25, -0.2) is 15.0 Å². The normalized spacial score (nSPS) is 11.6. The molecule has 9 aromatic carbocycles. The van der Waals surface area contributed by atoms with E-state index < -0.39 is 0 Å². The molecular formula is C51H31N3O. The second kappa shape index (κ2) is 12.6. The van der Waals surface area contributed by atoms with E-state index in [1.54, 1.807) is 0 Å². The number of para-hydroxylation sites is 1. The highest BCUT2D eigenvalue weighted by molar-refractivity contribution is 6.25. The van der Waals surface area contributed by atoms with Gasteiger partial charge in [-0.2, -0.15) is 0 Å². The highest BCUT2D eigenvalue weighted by atomic mass is 16.3. The number of rotatable bonds is 5. The number of hydrogen-bond acceptors (Lipinski definition) is 4. The molecule has 55 heavy (non-hydrogen) atoms. The molecule has 0 atom stereocenters. The van der Waals surface area contributed by atoms with Gasteiger partial charge in [-0.1, -0.05) is 164 Å². The van der Waals surface area contributed by atoms with Crippen molar-refractivity contribution in [2.24, 2.45) is 0 Å². The van der Waals surface area contributed by atoms with Gasteiger partial charge >= 0.3 is 0 Å². The monoisotopic (exact) mass is 701 g/mol. The van der Waals surface area contributed by atoms with Gasteiger partial charge in [0.05, 0.1) is 0 Å². The van der Waals surface area contributed by atoms with Crippen molar-refractivity contribution in [2.45, 2.75) is 0 Å². The Morgan fingerprint density at radius 1 is 0.273 bits per heavy atom. The number of benzene rings is 9. The summed E-state index contributed by atoms with van der Waals surface area (Å²) in [5.41, 5.74) is 8.98. The quantitative estimate of drug-likeness (QED) is 0.168. The number of nitrogens with zero attached hydrogens (tertiary/aromatic N) is 3. The molecule has 11 aromatic rings. The Morgan fingerprint density at radius 2 is 0.727 bits per heavy atom. The highest BCUT2D eigenvalue weighted by Crippen LogP contribution is 2.39. The zero-order valence-corrected chi connectivity index (χ0v) is 29.6. The molecule has 0 saturated carbocycles. The third kappa shape index (κ3) is 5.26. The summed E-state index contributed by atoms with van der Waals surface area (Å²) in [6.07, 6.45) is 0. The first-order valence-electron chi connectivity index (χ1n) is 18.5. The van der Waals surface area contributed by atoms with Gasteiger partial charge < -0.3 is 4.42 Å². The summed E-state index contributed by atoms with van der Waals surface area (Å²) < 4.78 is 6.24. The van der Waals surface area contributed by atoms with Gasteiger partial charge in [0, 0.05) is 27.5 Å². The summed E-state index contributed by atoms with van der Waals surface area (Å²) in [7, 11) is 0. The lowest BCUT2D eigenvalue weighted by molar-refractivity contribution is 0.669. The van der Waals surface area contributed by atoms with Crippen molar-refractivity contribution in [1.29, 1.82) is 0 Å². The second-order valence-electron chi connectivity index (χ2n) is 14.0. The fourth-order valence-corrected chi connectivity index (χ4v) is 8.09. The van der Waals surface area contributed by atoms with E-state index in [4.69, 9.17) is 19.4 Å². The van der Waals surface area contributed by atoms with E-state index in [0.717, 1.165) is 55.3 Å². The Kier molecular flexibility index (Phi) is 7.14. The largest absolute Gasteiger partial charge is 0.456 e. The molecule has 0 amide bonds. The van der Waals surface area contributed by atoms with Gasteiger partial charge in [-0.3, -0.25) is 0 Å². The van der Waals surface area contributed by atoms with E-state index in [1.165, 1.54) is 37.9 Å². The summed E-state index contributed by atoms with van der Waals surface area (Å²) in [6, 6.07) is 65.7. The predicted molar refractivity (Wildman–Crippen MR) is 227 cm³/mol. The first-order valence-corrected chi connectivity index (χ1v) is 18.5. The lowest BCUT2D eigenvalue weighted by atomic mass is 9.93. The lowest BCUT2D eigenvalue weighted by Crippen LogP contribution is -2.00. The zero-order valence-electron chi connectivity index (χ0n) is 29.6. The summed E-state index contributed by atoms with van der Waals surface area (Å²) in [6.45, 7) is 0. The maximum atomic E-state index is 6.24. The summed E-state index contributed by atoms with van der Waals surface area (Å²) >= 11 is 0. The van der Waals surface area contributed by atoms with Gasteiger partial charge in [-0.05, 0) is 78.8 Å². The molecule has 0 fully saturated rings. The highest BCUT2D eigenvalue weighted by Gasteiger charge is 2.17. The molecule has 0 spiro atoms. The Morgan fingerprint density at radius 3 is 1.44 bits per heavy atom. The van der Waals surface area contributed by atoms with Gasteiger partial charge in [-0.15, -0.1) is 0 Å². The van der Waals surface area contributed by atoms with Crippen LogP contribution in [0.2, 0.25) is 0 Å². The molecule has 0 aliphatic heterocycles. The predicted octanol–water partition coefficient (Wildman–Crippen LogP) is 13.6. The number of aromatic nitrogens is 3. The van der Waals surface area contributed by atoms with Crippen LogP contribution in [0.4, 0.5) is 0 Å². The number of hydrogen-bond donors (Lipinski definition) is 0. The second-order valence-corrected chi connectivity index (χ2v) is 14.0. The average molecular weight is 702 g/mol. The Bertz CT molecular complexity index is 3220. The molecule has 11 rings (SSSR count). The Balaban J connectivity index is 1.10. The van der Waals surface area contributed by atoms with Crippen LogP contribution in [0.25, 0.3) is 111 Å². The molecule has 0 N–H and O–H groups in total. The topological polar surface area (TPSA) is 51.8 Å². The van der Waals surface area contributed by atoms with E-state index in [-0.39, 0.29) is 0 Å².